The lowest BCUT2D eigenvalue weighted by Gasteiger charge is -2.10. The Balaban J connectivity index is 0.00000182. The van der Waals surface area contributed by atoms with Crippen LogP contribution < -0.4 is 0 Å². The number of rotatable bonds is 5. The van der Waals surface area contributed by atoms with Crippen LogP contribution in [0.3, 0.4) is 0 Å². The Bertz CT molecular complexity index is 953. The fourth-order valence-corrected chi connectivity index (χ4v) is 2.98. The van der Waals surface area contributed by atoms with Crippen LogP contribution in [-0.2, 0) is 13.1 Å². The number of aromatic nitrogens is 5. The number of aryl methyl sites for hydroxylation is 1. The lowest BCUT2D eigenvalue weighted by molar-refractivity contribution is 0.493. The molecule has 0 saturated carbocycles. The van der Waals surface area contributed by atoms with Gasteiger partial charge in [-0.3, -0.25) is 0 Å². The van der Waals surface area contributed by atoms with Gasteiger partial charge in [0, 0.05) is 6.54 Å². The number of fused-ring (bicyclic) bond motifs is 2. The highest BCUT2D eigenvalue weighted by Gasteiger charge is 2.13. The SMILES string of the molecule is CC(C)CCn1c(Cn2nc3ccccc3n2)nc2ccccc21.Cl. The monoisotopic (exact) mass is 355 g/mol. The lowest BCUT2D eigenvalue weighted by atomic mass is 10.1. The Morgan fingerprint density at radius 2 is 1.48 bits per heavy atom. The molecule has 4 rings (SSSR count). The first kappa shape index (κ1) is 17.4. The highest BCUT2D eigenvalue weighted by Crippen LogP contribution is 2.19. The van der Waals surface area contributed by atoms with Crippen LogP contribution >= 0.6 is 12.4 Å². The standard InChI is InChI=1S/C19H21N5.ClH/c1-14(2)11-12-23-18-10-6-5-9-17(18)20-19(23)13-24-21-15-7-3-4-8-16(15)22-24;/h3-10,14H,11-13H2,1-2H3;1H. The topological polar surface area (TPSA) is 48.5 Å². The van der Waals surface area contributed by atoms with Crippen molar-refractivity contribution in [2.75, 3.05) is 0 Å². The summed E-state index contributed by atoms with van der Waals surface area (Å²) in [4.78, 5) is 6.57. The quantitative estimate of drug-likeness (QED) is 0.536. The zero-order valence-electron chi connectivity index (χ0n) is 14.5. The van der Waals surface area contributed by atoms with Crippen LogP contribution in [0.25, 0.3) is 22.1 Å². The Morgan fingerprint density at radius 3 is 2.12 bits per heavy atom. The molecule has 0 aliphatic carbocycles. The van der Waals surface area contributed by atoms with Crippen molar-refractivity contribution < 1.29 is 0 Å². The van der Waals surface area contributed by atoms with Crippen molar-refractivity contribution in [1.29, 1.82) is 0 Å². The maximum Gasteiger partial charge on any atom is 0.133 e. The highest BCUT2D eigenvalue weighted by molar-refractivity contribution is 5.85. The van der Waals surface area contributed by atoms with Crippen molar-refractivity contribution in [3.05, 3.63) is 54.4 Å². The van der Waals surface area contributed by atoms with Gasteiger partial charge in [-0.1, -0.05) is 38.1 Å². The number of hydrogen-bond donors (Lipinski definition) is 0. The second kappa shape index (κ2) is 7.23. The van der Waals surface area contributed by atoms with Gasteiger partial charge in [-0.25, -0.2) is 4.98 Å². The molecule has 0 atom stereocenters. The molecule has 0 spiro atoms. The van der Waals surface area contributed by atoms with Crippen LogP contribution in [0.1, 0.15) is 26.1 Å². The van der Waals surface area contributed by atoms with E-state index in [4.69, 9.17) is 4.98 Å². The number of para-hydroxylation sites is 2. The Hall–Kier alpha value is -2.40. The van der Waals surface area contributed by atoms with Gasteiger partial charge >= 0.3 is 0 Å². The average Bonchev–Trinajstić information content (AvgIpc) is 3.13. The second-order valence-corrected chi connectivity index (χ2v) is 6.57. The summed E-state index contributed by atoms with van der Waals surface area (Å²) in [6, 6.07) is 16.3. The van der Waals surface area contributed by atoms with Gasteiger partial charge in [-0.15, -0.1) is 12.4 Å². The summed E-state index contributed by atoms with van der Waals surface area (Å²) >= 11 is 0. The predicted octanol–water partition coefficient (Wildman–Crippen LogP) is 4.30. The highest BCUT2D eigenvalue weighted by atomic mass is 35.5. The maximum atomic E-state index is 4.82. The molecule has 4 aromatic rings. The number of halogens is 1. The molecule has 0 N–H and O–H groups in total. The zero-order valence-corrected chi connectivity index (χ0v) is 15.3. The second-order valence-electron chi connectivity index (χ2n) is 6.57. The van der Waals surface area contributed by atoms with Gasteiger partial charge in [0.25, 0.3) is 0 Å². The molecule has 2 aromatic heterocycles. The smallest absolute Gasteiger partial charge is 0.133 e. The average molecular weight is 356 g/mol. The van der Waals surface area contributed by atoms with Crippen LogP contribution in [0.5, 0.6) is 0 Å². The van der Waals surface area contributed by atoms with Gasteiger partial charge < -0.3 is 4.57 Å². The molecule has 0 aliphatic heterocycles. The molecule has 0 radical (unpaired) electrons. The van der Waals surface area contributed by atoms with E-state index in [1.807, 2.05) is 30.3 Å². The van der Waals surface area contributed by atoms with Crippen LogP contribution in [0.4, 0.5) is 0 Å². The summed E-state index contributed by atoms with van der Waals surface area (Å²) in [7, 11) is 0. The molecule has 0 aliphatic rings. The van der Waals surface area contributed by atoms with Gasteiger partial charge in [-0.2, -0.15) is 15.0 Å². The Morgan fingerprint density at radius 1 is 0.880 bits per heavy atom. The molecule has 0 bridgehead atoms. The van der Waals surface area contributed by atoms with E-state index in [0.717, 1.165) is 35.3 Å². The van der Waals surface area contributed by atoms with Crippen molar-refractivity contribution in [2.45, 2.75) is 33.4 Å². The minimum absolute atomic E-state index is 0. The Labute approximate surface area is 153 Å². The van der Waals surface area contributed by atoms with E-state index >= 15 is 0 Å². The third-order valence-corrected chi connectivity index (χ3v) is 4.27. The maximum absolute atomic E-state index is 4.82. The fourth-order valence-electron chi connectivity index (χ4n) is 2.98. The third-order valence-electron chi connectivity index (χ3n) is 4.27. The third kappa shape index (κ3) is 3.51. The molecule has 0 saturated heterocycles. The Kier molecular flexibility index (Phi) is 5.04. The predicted molar refractivity (Wildman–Crippen MR) is 103 cm³/mol. The molecular weight excluding hydrogens is 334 g/mol. The lowest BCUT2D eigenvalue weighted by Crippen LogP contribution is -2.12. The van der Waals surface area contributed by atoms with E-state index in [9.17, 15) is 0 Å². The minimum Gasteiger partial charge on any atom is -0.326 e. The molecule has 2 aromatic carbocycles. The minimum atomic E-state index is 0. The first-order valence-corrected chi connectivity index (χ1v) is 8.45. The summed E-state index contributed by atoms with van der Waals surface area (Å²) in [5.41, 5.74) is 4.06. The summed E-state index contributed by atoms with van der Waals surface area (Å²) < 4.78 is 2.31. The zero-order chi connectivity index (χ0) is 16.5. The molecule has 130 valence electrons. The first-order valence-electron chi connectivity index (χ1n) is 8.45. The molecule has 0 fully saturated rings. The van der Waals surface area contributed by atoms with Crippen molar-refractivity contribution in [1.82, 2.24) is 24.5 Å². The van der Waals surface area contributed by atoms with Crippen molar-refractivity contribution in [2.24, 2.45) is 5.92 Å². The van der Waals surface area contributed by atoms with Gasteiger partial charge in [0.15, 0.2) is 0 Å². The van der Waals surface area contributed by atoms with Crippen molar-refractivity contribution in [3.8, 4) is 0 Å². The van der Waals surface area contributed by atoms with Crippen LogP contribution in [-0.4, -0.2) is 24.5 Å². The number of benzene rings is 2. The number of nitrogens with zero attached hydrogens (tertiary/aromatic N) is 5. The van der Waals surface area contributed by atoms with E-state index in [0.29, 0.717) is 12.5 Å². The molecule has 0 unspecified atom stereocenters. The van der Waals surface area contributed by atoms with Crippen molar-refractivity contribution in [3.63, 3.8) is 0 Å². The molecule has 2 heterocycles. The summed E-state index contributed by atoms with van der Waals surface area (Å²) in [6.07, 6.45) is 1.13. The largest absolute Gasteiger partial charge is 0.326 e. The van der Waals surface area contributed by atoms with Crippen molar-refractivity contribution >= 4 is 34.5 Å². The van der Waals surface area contributed by atoms with Gasteiger partial charge in [0.1, 0.15) is 23.4 Å². The number of hydrogen-bond acceptors (Lipinski definition) is 3. The molecule has 0 amide bonds. The van der Waals surface area contributed by atoms with E-state index in [1.165, 1.54) is 5.52 Å². The normalized spacial score (nSPS) is 11.3. The van der Waals surface area contributed by atoms with E-state index in [1.54, 1.807) is 4.80 Å². The molecule has 6 heteroatoms. The molecular formula is C19H22ClN5. The number of imidazole rings is 1. The van der Waals surface area contributed by atoms with Crippen LogP contribution in [0, 0.1) is 5.92 Å². The first-order chi connectivity index (χ1) is 11.7. The van der Waals surface area contributed by atoms with Crippen LogP contribution in [0.2, 0.25) is 0 Å². The molecule has 5 nitrogen and oxygen atoms in total. The molecule has 25 heavy (non-hydrogen) atoms. The van der Waals surface area contributed by atoms with E-state index in [-0.39, 0.29) is 12.4 Å². The van der Waals surface area contributed by atoms with Gasteiger partial charge in [0.2, 0.25) is 0 Å². The summed E-state index contributed by atoms with van der Waals surface area (Å²) in [5.74, 6) is 1.67. The summed E-state index contributed by atoms with van der Waals surface area (Å²) in [6.45, 7) is 6.05. The summed E-state index contributed by atoms with van der Waals surface area (Å²) in [5, 5.41) is 9.13. The van der Waals surface area contributed by atoms with Gasteiger partial charge in [-0.05, 0) is 36.6 Å². The van der Waals surface area contributed by atoms with E-state index < -0.39 is 0 Å². The fraction of sp³-hybridized carbons (Fsp3) is 0.316. The van der Waals surface area contributed by atoms with Gasteiger partial charge in [0.05, 0.1) is 11.0 Å². The van der Waals surface area contributed by atoms with E-state index in [2.05, 4.69) is 46.8 Å². The van der Waals surface area contributed by atoms with Crippen LogP contribution in [0.15, 0.2) is 48.5 Å².